The molecule has 8 heteroatoms. The van der Waals surface area contributed by atoms with E-state index < -0.39 is 10.0 Å². The van der Waals surface area contributed by atoms with Crippen LogP contribution in [0.2, 0.25) is 5.02 Å². The Morgan fingerprint density at radius 3 is 2.48 bits per heavy atom. The molecule has 0 aliphatic rings. The number of para-hydroxylation sites is 1. The van der Waals surface area contributed by atoms with Gasteiger partial charge in [0, 0.05) is 19.8 Å². The fourth-order valence-corrected chi connectivity index (χ4v) is 3.45. The number of aryl methyl sites for hydroxylation is 1. The average Bonchev–Trinajstić information content (AvgIpc) is 2.56. The summed E-state index contributed by atoms with van der Waals surface area (Å²) in [5, 5.41) is 6.07. The number of nitrogens with zero attached hydrogens (tertiary/aromatic N) is 1. The van der Waals surface area contributed by atoms with Gasteiger partial charge in [0.1, 0.15) is 0 Å². The minimum absolute atomic E-state index is 0.0181. The van der Waals surface area contributed by atoms with Crippen LogP contribution < -0.4 is 10.6 Å². The van der Waals surface area contributed by atoms with Gasteiger partial charge in [-0.05, 0) is 36.8 Å². The van der Waals surface area contributed by atoms with Crippen molar-refractivity contribution in [3.8, 4) is 0 Å². The third kappa shape index (κ3) is 4.72. The zero-order valence-corrected chi connectivity index (χ0v) is 15.8. The summed E-state index contributed by atoms with van der Waals surface area (Å²) in [7, 11) is -0.591. The van der Waals surface area contributed by atoms with Crippen LogP contribution in [0.15, 0.2) is 47.4 Å². The second-order valence-corrected chi connectivity index (χ2v) is 8.18. The molecule has 6 nitrogen and oxygen atoms in total. The van der Waals surface area contributed by atoms with Crippen molar-refractivity contribution in [3.05, 3.63) is 53.1 Å². The Balaban J connectivity index is 2.09. The third-order valence-electron chi connectivity index (χ3n) is 3.55. The molecule has 0 atom stereocenters. The summed E-state index contributed by atoms with van der Waals surface area (Å²) in [4.78, 5) is 12.2. The molecule has 2 aromatic rings. The quantitative estimate of drug-likeness (QED) is 0.806. The molecule has 25 heavy (non-hydrogen) atoms. The molecule has 2 rings (SSSR count). The number of carbonyl (C=O) groups is 1. The lowest BCUT2D eigenvalue weighted by molar-refractivity contribution is -0.114. The first-order chi connectivity index (χ1) is 11.7. The van der Waals surface area contributed by atoms with Gasteiger partial charge in [0.05, 0.1) is 22.2 Å². The zero-order chi connectivity index (χ0) is 18.6. The number of hydrogen-bond donors (Lipinski definition) is 2. The number of hydrogen-bond acceptors (Lipinski definition) is 4. The van der Waals surface area contributed by atoms with Crippen LogP contribution in [0.4, 0.5) is 11.4 Å². The molecule has 0 bridgehead atoms. The molecule has 134 valence electrons. The van der Waals surface area contributed by atoms with E-state index in [1.54, 1.807) is 43.3 Å². The summed E-state index contributed by atoms with van der Waals surface area (Å²) >= 11 is 6.00. The van der Waals surface area contributed by atoms with Crippen molar-refractivity contribution in [2.45, 2.75) is 11.8 Å². The third-order valence-corrected chi connectivity index (χ3v) is 5.83. The molecule has 0 aromatic heterocycles. The van der Waals surface area contributed by atoms with Crippen molar-refractivity contribution in [3.63, 3.8) is 0 Å². The molecule has 0 aliphatic carbocycles. The van der Waals surface area contributed by atoms with Crippen molar-refractivity contribution in [1.82, 2.24) is 4.31 Å². The fourth-order valence-electron chi connectivity index (χ4n) is 2.12. The van der Waals surface area contributed by atoms with E-state index in [1.807, 2.05) is 0 Å². The fraction of sp³-hybridized carbons (Fsp3) is 0.235. The summed E-state index contributed by atoms with van der Waals surface area (Å²) < 4.78 is 25.8. The van der Waals surface area contributed by atoms with Gasteiger partial charge in [-0.1, -0.05) is 29.8 Å². The highest BCUT2D eigenvalue weighted by molar-refractivity contribution is 7.89. The second-order valence-electron chi connectivity index (χ2n) is 5.65. The molecule has 1 amide bonds. The molecule has 0 aliphatic heterocycles. The van der Waals surface area contributed by atoms with Crippen LogP contribution in [0.25, 0.3) is 0 Å². The van der Waals surface area contributed by atoms with Crippen molar-refractivity contribution in [2.75, 3.05) is 31.3 Å². The van der Waals surface area contributed by atoms with Gasteiger partial charge in [-0.3, -0.25) is 4.79 Å². The van der Waals surface area contributed by atoms with Gasteiger partial charge in [-0.15, -0.1) is 0 Å². The molecule has 0 saturated heterocycles. The molecule has 0 saturated carbocycles. The standard InChI is InChI=1S/C17H20ClN3O3S/c1-12-8-9-13(10-16(12)25(23,24)21(2)3)19-11-17(22)20-15-7-5-4-6-14(15)18/h4-10,19H,11H2,1-3H3,(H,20,22). The average molecular weight is 382 g/mol. The van der Waals surface area contributed by atoms with Crippen LogP contribution >= 0.6 is 11.6 Å². The highest BCUT2D eigenvalue weighted by Crippen LogP contribution is 2.23. The first-order valence-corrected chi connectivity index (χ1v) is 9.35. The zero-order valence-electron chi connectivity index (χ0n) is 14.2. The van der Waals surface area contributed by atoms with E-state index >= 15 is 0 Å². The van der Waals surface area contributed by atoms with E-state index in [0.29, 0.717) is 22.0 Å². The summed E-state index contributed by atoms with van der Waals surface area (Å²) in [5.74, 6) is -0.286. The minimum atomic E-state index is -3.55. The van der Waals surface area contributed by atoms with Gasteiger partial charge in [-0.2, -0.15) is 0 Å². The maximum absolute atomic E-state index is 12.3. The molecule has 0 unspecified atom stereocenters. The lowest BCUT2D eigenvalue weighted by Gasteiger charge is -2.15. The summed E-state index contributed by atoms with van der Waals surface area (Å²) in [6.45, 7) is 1.71. The Hall–Kier alpha value is -2.09. The molecular formula is C17H20ClN3O3S. The molecule has 2 aromatic carbocycles. The number of halogens is 1. The van der Waals surface area contributed by atoms with Crippen molar-refractivity contribution in [1.29, 1.82) is 0 Å². The number of benzene rings is 2. The van der Waals surface area contributed by atoms with Crippen LogP contribution in [0, 0.1) is 6.92 Å². The van der Waals surface area contributed by atoms with E-state index in [4.69, 9.17) is 11.6 Å². The smallest absolute Gasteiger partial charge is 0.243 e. The molecule has 2 N–H and O–H groups in total. The van der Waals surface area contributed by atoms with Crippen LogP contribution in [0.5, 0.6) is 0 Å². The topological polar surface area (TPSA) is 78.5 Å². The molecule has 0 radical (unpaired) electrons. The van der Waals surface area contributed by atoms with Crippen LogP contribution in [0.1, 0.15) is 5.56 Å². The maximum Gasteiger partial charge on any atom is 0.243 e. The Morgan fingerprint density at radius 2 is 1.84 bits per heavy atom. The Morgan fingerprint density at radius 1 is 1.16 bits per heavy atom. The molecule has 0 spiro atoms. The van der Waals surface area contributed by atoms with Crippen molar-refractivity contribution in [2.24, 2.45) is 0 Å². The molecule has 0 heterocycles. The number of rotatable bonds is 6. The van der Waals surface area contributed by atoms with Crippen LogP contribution in [-0.2, 0) is 14.8 Å². The maximum atomic E-state index is 12.3. The van der Waals surface area contributed by atoms with Gasteiger partial charge in [0.2, 0.25) is 15.9 Å². The van der Waals surface area contributed by atoms with Gasteiger partial charge in [0.15, 0.2) is 0 Å². The predicted molar refractivity (Wildman–Crippen MR) is 101 cm³/mol. The SMILES string of the molecule is Cc1ccc(NCC(=O)Nc2ccccc2Cl)cc1S(=O)(=O)N(C)C. The largest absolute Gasteiger partial charge is 0.376 e. The summed E-state index contributed by atoms with van der Waals surface area (Å²) in [5.41, 5.74) is 1.70. The molecule has 0 fully saturated rings. The minimum Gasteiger partial charge on any atom is -0.376 e. The number of nitrogens with one attached hydrogen (secondary N) is 2. The Labute approximate surface area is 152 Å². The van der Waals surface area contributed by atoms with E-state index in [1.165, 1.54) is 20.2 Å². The monoisotopic (exact) mass is 381 g/mol. The van der Waals surface area contributed by atoms with Crippen molar-refractivity contribution < 1.29 is 13.2 Å². The number of anilines is 2. The molecular weight excluding hydrogens is 362 g/mol. The van der Waals surface area contributed by atoms with Crippen LogP contribution in [0.3, 0.4) is 0 Å². The second kappa shape index (κ2) is 7.86. The van der Waals surface area contributed by atoms with Crippen LogP contribution in [-0.4, -0.2) is 39.3 Å². The highest BCUT2D eigenvalue weighted by atomic mass is 35.5. The summed E-state index contributed by atoms with van der Waals surface area (Å²) in [6.07, 6.45) is 0. The number of carbonyl (C=O) groups excluding carboxylic acids is 1. The Bertz CT molecular complexity index is 882. The number of amides is 1. The summed E-state index contributed by atoms with van der Waals surface area (Å²) in [6, 6.07) is 11.9. The van der Waals surface area contributed by atoms with Gasteiger partial charge < -0.3 is 10.6 Å². The number of sulfonamides is 1. The Kier molecular flexibility index (Phi) is 6.05. The lowest BCUT2D eigenvalue weighted by atomic mass is 10.2. The van der Waals surface area contributed by atoms with E-state index in [0.717, 1.165) is 4.31 Å². The highest BCUT2D eigenvalue weighted by Gasteiger charge is 2.20. The van der Waals surface area contributed by atoms with E-state index in [2.05, 4.69) is 10.6 Å². The van der Waals surface area contributed by atoms with E-state index in [9.17, 15) is 13.2 Å². The van der Waals surface area contributed by atoms with Gasteiger partial charge in [-0.25, -0.2) is 12.7 Å². The first-order valence-electron chi connectivity index (χ1n) is 7.53. The predicted octanol–water partition coefficient (Wildman–Crippen LogP) is 2.95. The normalized spacial score (nSPS) is 11.4. The van der Waals surface area contributed by atoms with E-state index in [-0.39, 0.29) is 17.3 Å². The lowest BCUT2D eigenvalue weighted by Crippen LogP contribution is -2.24. The van der Waals surface area contributed by atoms with Crippen molar-refractivity contribution >= 4 is 38.9 Å². The van der Waals surface area contributed by atoms with Gasteiger partial charge >= 0.3 is 0 Å². The first kappa shape index (κ1) is 19.2. The van der Waals surface area contributed by atoms with Gasteiger partial charge in [0.25, 0.3) is 0 Å².